The maximum absolute atomic E-state index is 13.5. The topological polar surface area (TPSA) is 106 Å². The number of nitro groups is 1. The van der Waals surface area contributed by atoms with Crippen LogP contribution in [0.25, 0.3) is 10.9 Å². The minimum atomic E-state index is -3.81. The zero-order valence-corrected chi connectivity index (χ0v) is 20.2. The summed E-state index contributed by atoms with van der Waals surface area (Å²) in [6.45, 7) is 1.43. The van der Waals surface area contributed by atoms with E-state index in [-0.39, 0.29) is 42.7 Å². The molecule has 0 atom stereocenters. The molecule has 1 aliphatic heterocycles. The third-order valence-corrected chi connectivity index (χ3v) is 8.34. The van der Waals surface area contributed by atoms with Gasteiger partial charge >= 0.3 is 0 Å². The molecular formula is C26H24N4O5S. The highest BCUT2D eigenvalue weighted by Gasteiger charge is 2.31. The van der Waals surface area contributed by atoms with Crippen LogP contribution in [0, 0.1) is 10.1 Å². The van der Waals surface area contributed by atoms with Gasteiger partial charge in [-0.15, -0.1) is 0 Å². The standard InChI is InChI=1S/C26H24N4O5S/c31-26(24-19-28(18-20-6-2-1-3-7-20)25-9-5-4-8-23(24)25)27-14-16-29(17-15-27)36(34,35)22-12-10-21(11-13-22)30(32)33/h1-13,19H,14-18H2. The number of hydrogen-bond donors (Lipinski definition) is 0. The van der Waals surface area contributed by atoms with Crippen molar-refractivity contribution in [3.63, 3.8) is 0 Å². The van der Waals surface area contributed by atoms with Crippen molar-refractivity contribution in [3.05, 3.63) is 106 Å². The molecule has 2 heterocycles. The summed E-state index contributed by atoms with van der Waals surface area (Å²) in [6.07, 6.45) is 1.87. The number of fused-ring (bicyclic) bond motifs is 1. The number of sulfonamides is 1. The van der Waals surface area contributed by atoms with Crippen LogP contribution in [0.15, 0.2) is 90.0 Å². The number of carbonyl (C=O) groups is 1. The quantitative estimate of drug-likeness (QED) is 0.294. The second kappa shape index (κ2) is 9.56. The van der Waals surface area contributed by atoms with E-state index in [1.165, 1.54) is 28.6 Å². The first-order valence-electron chi connectivity index (χ1n) is 11.5. The van der Waals surface area contributed by atoms with Crippen LogP contribution in [0.4, 0.5) is 5.69 Å². The number of non-ortho nitro benzene ring substituents is 1. The molecule has 1 amide bonds. The van der Waals surface area contributed by atoms with E-state index in [2.05, 4.69) is 4.57 Å². The zero-order valence-electron chi connectivity index (χ0n) is 19.4. The molecule has 1 saturated heterocycles. The number of benzene rings is 3. The molecule has 9 nitrogen and oxygen atoms in total. The highest BCUT2D eigenvalue weighted by Crippen LogP contribution is 2.26. The third-order valence-electron chi connectivity index (χ3n) is 6.43. The number of nitrogens with zero attached hydrogens (tertiary/aromatic N) is 4. The molecule has 0 radical (unpaired) electrons. The first kappa shape index (κ1) is 23.7. The monoisotopic (exact) mass is 504 g/mol. The van der Waals surface area contributed by atoms with Gasteiger partial charge in [0.15, 0.2) is 0 Å². The van der Waals surface area contributed by atoms with Gasteiger partial charge < -0.3 is 9.47 Å². The van der Waals surface area contributed by atoms with E-state index in [0.29, 0.717) is 12.1 Å². The second-order valence-corrected chi connectivity index (χ2v) is 10.6. The number of piperazine rings is 1. The van der Waals surface area contributed by atoms with E-state index in [4.69, 9.17) is 0 Å². The molecule has 0 bridgehead atoms. The summed E-state index contributed by atoms with van der Waals surface area (Å²) in [7, 11) is -3.81. The summed E-state index contributed by atoms with van der Waals surface area (Å²) >= 11 is 0. The van der Waals surface area contributed by atoms with E-state index < -0.39 is 14.9 Å². The summed E-state index contributed by atoms with van der Waals surface area (Å²) in [6, 6.07) is 22.6. The first-order chi connectivity index (χ1) is 17.3. The molecule has 4 aromatic rings. The van der Waals surface area contributed by atoms with Gasteiger partial charge in [0, 0.05) is 62.0 Å². The Kier molecular flexibility index (Phi) is 6.29. The van der Waals surface area contributed by atoms with Crippen LogP contribution in [0.1, 0.15) is 15.9 Å². The summed E-state index contributed by atoms with van der Waals surface area (Å²) < 4.78 is 29.4. The molecule has 3 aromatic carbocycles. The summed E-state index contributed by atoms with van der Waals surface area (Å²) in [5.74, 6) is -0.134. The second-order valence-electron chi connectivity index (χ2n) is 8.62. The van der Waals surface area contributed by atoms with Crippen LogP contribution >= 0.6 is 0 Å². The van der Waals surface area contributed by atoms with E-state index in [1.807, 2.05) is 60.8 Å². The highest BCUT2D eigenvalue weighted by molar-refractivity contribution is 7.89. The number of hydrogen-bond acceptors (Lipinski definition) is 5. The smallest absolute Gasteiger partial charge is 0.269 e. The van der Waals surface area contributed by atoms with Crippen molar-refractivity contribution < 1.29 is 18.1 Å². The van der Waals surface area contributed by atoms with Gasteiger partial charge in [-0.25, -0.2) is 8.42 Å². The Bertz CT molecular complexity index is 1520. The minimum absolute atomic E-state index is 0.00291. The van der Waals surface area contributed by atoms with Gasteiger partial charge in [-0.05, 0) is 23.8 Å². The molecule has 1 fully saturated rings. The van der Waals surface area contributed by atoms with Gasteiger partial charge in [0.1, 0.15) is 0 Å². The van der Waals surface area contributed by atoms with Crippen LogP contribution in [-0.4, -0.2) is 59.2 Å². The normalized spacial score (nSPS) is 14.7. The Hall–Kier alpha value is -4.02. The summed E-state index contributed by atoms with van der Waals surface area (Å²) in [5.41, 5.74) is 2.51. The number of rotatable bonds is 6. The number of aromatic nitrogens is 1. The van der Waals surface area contributed by atoms with Crippen molar-refractivity contribution in [2.75, 3.05) is 26.2 Å². The lowest BCUT2D eigenvalue weighted by atomic mass is 10.1. The first-order valence-corrected chi connectivity index (χ1v) is 12.9. The van der Waals surface area contributed by atoms with Crippen molar-refractivity contribution >= 4 is 32.5 Å². The number of para-hydroxylation sites is 1. The lowest BCUT2D eigenvalue weighted by Crippen LogP contribution is -2.50. The predicted molar refractivity (Wildman–Crippen MR) is 135 cm³/mol. The van der Waals surface area contributed by atoms with Crippen LogP contribution in [0.2, 0.25) is 0 Å². The lowest BCUT2D eigenvalue weighted by molar-refractivity contribution is -0.384. The van der Waals surface area contributed by atoms with E-state index >= 15 is 0 Å². The Morgan fingerprint density at radius 3 is 2.17 bits per heavy atom. The van der Waals surface area contributed by atoms with Crippen molar-refractivity contribution in [3.8, 4) is 0 Å². The number of amides is 1. The number of carbonyl (C=O) groups excluding carboxylic acids is 1. The number of nitro benzene ring substituents is 1. The van der Waals surface area contributed by atoms with Gasteiger partial charge in [0.25, 0.3) is 11.6 Å². The van der Waals surface area contributed by atoms with Crippen molar-refractivity contribution in [1.29, 1.82) is 0 Å². The largest absolute Gasteiger partial charge is 0.342 e. The van der Waals surface area contributed by atoms with Gasteiger partial charge in [-0.3, -0.25) is 14.9 Å². The molecule has 0 saturated carbocycles. The van der Waals surface area contributed by atoms with Crippen LogP contribution in [0.3, 0.4) is 0 Å². The molecule has 184 valence electrons. The molecule has 1 aliphatic rings. The van der Waals surface area contributed by atoms with Crippen molar-refractivity contribution in [2.24, 2.45) is 0 Å². The Morgan fingerprint density at radius 1 is 0.861 bits per heavy atom. The highest BCUT2D eigenvalue weighted by atomic mass is 32.2. The molecule has 0 spiro atoms. The maximum atomic E-state index is 13.5. The molecule has 10 heteroatoms. The molecule has 0 unspecified atom stereocenters. The van der Waals surface area contributed by atoms with Gasteiger partial charge in [0.2, 0.25) is 10.0 Å². The van der Waals surface area contributed by atoms with Gasteiger partial charge in [-0.2, -0.15) is 4.31 Å². The summed E-state index contributed by atoms with van der Waals surface area (Å²) in [4.78, 5) is 25.5. The van der Waals surface area contributed by atoms with Crippen LogP contribution < -0.4 is 0 Å². The fourth-order valence-electron chi connectivity index (χ4n) is 4.52. The van der Waals surface area contributed by atoms with E-state index in [9.17, 15) is 23.3 Å². The zero-order chi connectivity index (χ0) is 25.3. The Morgan fingerprint density at radius 2 is 1.50 bits per heavy atom. The Labute approximate surface area is 208 Å². The molecule has 0 N–H and O–H groups in total. The molecular weight excluding hydrogens is 480 g/mol. The molecule has 5 rings (SSSR count). The average molecular weight is 505 g/mol. The van der Waals surface area contributed by atoms with Gasteiger partial charge in [-0.1, -0.05) is 48.5 Å². The average Bonchev–Trinajstić information content (AvgIpc) is 3.27. The summed E-state index contributed by atoms with van der Waals surface area (Å²) in [5, 5.41) is 11.7. The lowest BCUT2D eigenvalue weighted by Gasteiger charge is -2.34. The minimum Gasteiger partial charge on any atom is -0.342 e. The fourth-order valence-corrected chi connectivity index (χ4v) is 5.94. The molecule has 0 aliphatic carbocycles. The molecule has 36 heavy (non-hydrogen) atoms. The van der Waals surface area contributed by atoms with Gasteiger partial charge in [0.05, 0.1) is 15.4 Å². The Balaban J connectivity index is 1.33. The maximum Gasteiger partial charge on any atom is 0.269 e. The van der Waals surface area contributed by atoms with Crippen molar-refractivity contribution in [1.82, 2.24) is 13.8 Å². The van der Waals surface area contributed by atoms with E-state index in [1.54, 1.807) is 4.90 Å². The SMILES string of the molecule is O=C(c1cn(Cc2ccccc2)c2ccccc12)N1CCN(S(=O)(=O)c2ccc([N+](=O)[O-])cc2)CC1. The van der Waals surface area contributed by atoms with Crippen LogP contribution in [0.5, 0.6) is 0 Å². The van der Waals surface area contributed by atoms with Crippen molar-refractivity contribution in [2.45, 2.75) is 11.4 Å². The van der Waals surface area contributed by atoms with E-state index in [0.717, 1.165) is 16.5 Å². The fraction of sp³-hybridized carbons (Fsp3) is 0.192. The predicted octanol–water partition coefficient (Wildman–Crippen LogP) is 3.74. The third kappa shape index (κ3) is 4.48. The molecule has 1 aromatic heterocycles. The van der Waals surface area contributed by atoms with Crippen LogP contribution in [-0.2, 0) is 16.6 Å².